The zero-order chi connectivity index (χ0) is 16.7. The maximum absolute atomic E-state index is 13.6. The van der Waals surface area contributed by atoms with E-state index in [1.807, 2.05) is 12.1 Å². The maximum atomic E-state index is 13.6. The first kappa shape index (κ1) is 20.2. The fourth-order valence-corrected chi connectivity index (χ4v) is 2.14. The minimum absolute atomic E-state index is 0. The van der Waals surface area contributed by atoms with Crippen LogP contribution in [-0.4, -0.2) is 24.9 Å². The van der Waals surface area contributed by atoms with Gasteiger partial charge in [0.2, 0.25) is 0 Å². The Labute approximate surface area is 148 Å². The van der Waals surface area contributed by atoms with Crippen molar-refractivity contribution in [1.82, 2.24) is 5.32 Å². The molecule has 0 amide bonds. The van der Waals surface area contributed by atoms with Crippen LogP contribution >= 0.6 is 0 Å². The number of nitrogens with one attached hydrogen (secondary N) is 1. The Bertz CT molecular complexity index is 637. The average molecular weight is 355 g/mol. The van der Waals surface area contributed by atoms with Gasteiger partial charge in [-0.25, -0.2) is 4.39 Å². The smallest absolute Gasteiger partial charge is 0.161 e. The van der Waals surface area contributed by atoms with Crippen LogP contribution in [0.15, 0.2) is 42.5 Å². The Morgan fingerprint density at radius 3 is 2.58 bits per heavy atom. The highest BCUT2D eigenvalue weighted by molar-refractivity contribution is 5.43. The highest BCUT2D eigenvalue weighted by Gasteiger charge is 2.08. The van der Waals surface area contributed by atoms with Gasteiger partial charge in [0, 0.05) is 18.7 Å². The second-order valence-corrected chi connectivity index (χ2v) is 5.35. The number of hydrogen-bond donors (Lipinski definition) is 2. The van der Waals surface area contributed by atoms with Gasteiger partial charge in [-0.05, 0) is 30.7 Å². The number of halogens is 2. The first-order valence-electron chi connectivity index (χ1n) is 7.52. The molecule has 0 saturated carbocycles. The molecule has 24 heavy (non-hydrogen) atoms. The van der Waals surface area contributed by atoms with E-state index in [9.17, 15) is 9.50 Å². The second kappa shape index (κ2) is 10.1. The Morgan fingerprint density at radius 1 is 1.17 bits per heavy atom. The lowest BCUT2D eigenvalue weighted by molar-refractivity contribution is -0.00000816. The summed E-state index contributed by atoms with van der Waals surface area (Å²) < 4.78 is 24.6. The Hall–Kier alpha value is -1.82. The first-order chi connectivity index (χ1) is 11.1. The molecular weight excluding hydrogens is 333 g/mol. The Morgan fingerprint density at radius 2 is 1.92 bits per heavy atom. The summed E-state index contributed by atoms with van der Waals surface area (Å²) in [6, 6.07) is 12.1. The first-order valence-corrected chi connectivity index (χ1v) is 7.52. The van der Waals surface area contributed by atoms with Gasteiger partial charge in [0.1, 0.15) is 12.4 Å². The number of rotatable bonds is 8. The molecule has 4 nitrogen and oxygen atoms in total. The maximum Gasteiger partial charge on any atom is 0.161 e. The van der Waals surface area contributed by atoms with Gasteiger partial charge in [-0.15, -0.1) is 0 Å². The molecule has 6 heteroatoms. The third kappa shape index (κ3) is 6.00. The standard InChI is InChI=1S/C18H22FNO3.ClH/c1-13(21)10-20-11-14-7-8-17(18(9-14)22-2)23-12-15-5-3-4-6-16(15)19;/h3-9,13,20-21H,10-12H2,1-2H3;1H/p-1. The topological polar surface area (TPSA) is 50.7 Å². The number of benzene rings is 2. The Balaban J connectivity index is 0.00000288. The molecule has 0 aliphatic carbocycles. The molecule has 0 aliphatic heterocycles. The van der Waals surface area contributed by atoms with Gasteiger partial charge in [0.25, 0.3) is 0 Å². The highest BCUT2D eigenvalue weighted by atomic mass is 35.5. The molecule has 132 valence electrons. The van der Waals surface area contributed by atoms with Gasteiger partial charge in [-0.2, -0.15) is 0 Å². The molecule has 2 aromatic rings. The van der Waals surface area contributed by atoms with Crippen LogP contribution in [0.25, 0.3) is 0 Å². The van der Waals surface area contributed by atoms with Crippen molar-refractivity contribution in [1.29, 1.82) is 0 Å². The van der Waals surface area contributed by atoms with Crippen molar-refractivity contribution in [2.24, 2.45) is 0 Å². The van der Waals surface area contributed by atoms with Gasteiger partial charge in [0.05, 0.1) is 13.2 Å². The lowest BCUT2D eigenvalue weighted by Gasteiger charge is -2.13. The van der Waals surface area contributed by atoms with Crippen molar-refractivity contribution in [3.63, 3.8) is 0 Å². The summed E-state index contributed by atoms with van der Waals surface area (Å²) in [5.41, 5.74) is 1.51. The van der Waals surface area contributed by atoms with E-state index in [1.165, 1.54) is 6.07 Å². The van der Waals surface area contributed by atoms with E-state index in [0.29, 0.717) is 30.2 Å². The number of ether oxygens (including phenoxy) is 2. The molecule has 2 aromatic carbocycles. The summed E-state index contributed by atoms with van der Waals surface area (Å²) in [5.74, 6) is 0.873. The third-order valence-electron chi connectivity index (χ3n) is 3.34. The second-order valence-electron chi connectivity index (χ2n) is 5.35. The van der Waals surface area contributed by atoms with Crippen molar-refractivity contribution in [3.8, 4) is 11.5 Å². The monoisotopic (exact) mass is 354 g/mol. The highest BCUT2D eigenvalue weighted by Crippen LogP contribution is 2.29. The van der Waals surface area contributed by atoms with Crippen LogP contribution < -0.4 is 27.2 Å². The number of aliphatic hydroxyl groups is 1. The Kier molecular flexibility index (Phi) is 8.54. The minimum Gasteiger partial charge on any atom is -1.00 e. The molecule has 0 fully saturated rings. The molecule has 1 unspecified atom stereocenters. The van der Waals surface area contributed by atoms with Crippen molar-refractivity contribution >= 4 is 0 Å². The lowest BCUT2D eigenvalue weighted by atomic mass is 10.2. The summed E-state index contributed by atoms with van der Waals surface area (Å²) in [4.78, 5) is 0. The van der Waals surface area contributed by atoms with Gasteiger partial charge >= 0.3 is 0 Å². The van der Waals surface area contributed by atoms with Crippen LogP contribution in [-0.2, 0) is 13.2 Å². The predicted molar refractivity (Wildman–Crippen MR) is 87.1 cm³/mol. The fourth-order valence-electron chi connectivity index (χ4n) is 2.14. The van der Waals surface area contributed by atoms with E-state index in [2.05, 4.69) is 5.32 Å². The van der Waals surface area contributed by atoms with Crippen LogP contribution in [0.1, 0.15) is 18.1 Å². The molecule has 1 atom stereocenters. The lowest BCUT2D eigenvalue weighted by Crippen LogP contribution is -3.00. The van der Waals surface area contributed by atoms with E-state index in [4.69, 9.17) is 9.47 Å². The van der Waals surface area contributed by atoms with E-state index in [0.717, 1.165) is 5.56 Å². The molecule has 2 N–H and O–H groups in total. The van der Waals surface area contributed by atoms with Gasteiger partial charge < -0.3 is 32.3 Å². The minimum atomic E-state index is -0.389. The molecule has 0 bridgehead atoms. The third-order valence-corrected chi connectivity index (χ3v) is 3.34. The van der Waals surface area contributed by atoms with Crippen molar-refractivity contribution in [2.45, 2.75) is 26.2 Å². The van der Waals surface area contributed by atoms with Gasteiger partial charge in [0.15, 0.2) is 11.5 Å². The zero-order valence-electron chi connectivity index (χ0n) is 13.8. The molecule has 0 spiro atoms. The number of methoxy groups -OCH3 is 1. The van der Waals surface area contributed by atoms with E-state index >= 15 is 0 Å². The predicted octanol–water partition coefficient (Wildman–Crippen LogP) is -0.112. The van der Waals surface area contributed by atoms with Crippen LogP contribution in [0.2, 0.25) is 0 Å². The zero-order valence-corrected chi connectivity index (χ0v) is 14.5. The van der Waals surface area contributed by atoms with Crippen molar-refractivity contribution in [2.75, 3.05) is 13.7 Å². The van der Waals surface area contributed by atoms with Crippen LogP contribution in [0.3, 0.4) is 0 Å². The number of aliphatic hydroxyl groups excluding tert-OH is 1. The summed E-state index contributed by atoms with van der Waals surface area (Å²) in [6.07, 6.45) is -0.389. The van der Waals surface area contributed by atoms with Crippen molar-refractivity contribution in [3.05, 3.63) is 59.4 Å². The van der Waals surface area contributed by atoms with E-state index < -0.39 is 0 Å². The summed E-state index contributed by atoms with van der Waals surface area (Å²) in [6.45, 7) is 3.01. The summed E-state index contributed by atoms with van der Waals surface area (Å²) >= 11 is 0. The molecule has 0 saturated heterocycles. The average Bonchev–Trinajstić information content (AvgIpc) is 2.54. The molecule has 0 aromatic heterocycles. The number of hydrogen-bond acceptors (Lipinski definition) is 4. The SMILES string of the molecule is COc1cc(CNCC(C)O)ccc1OCc1ccccc1F.[Cl-]. The summed E-state index contributed by atoms with van der Waals surface area (Å²) in [5, 5.41) is 12.4. The molecule has 0 heterocycles. The van der Waals surface area contributed by atoms with Crippen LogP contribution in [0.5, 0.6) is 11.5 Å². The normalized spacial score (nSPS) is 11.5. The van der Waals surface area contributed by atoms with Crippen molar-refractivity contribution < 1.29 is 31.4 Å². The summed E-state index contributed by atoms with van der Waals surface area (Å²) in [7, 11) is 1.57. The van der Waals surface area contributed by atoms with Crippen LogP contribution in [0.4, 0.5) is 4.39 Å². The molecule has 0 aliphatic rings. The molecule has 0 radical (unpaired) electrons. The van der Waals surface area contributed by atoms with Gasteiger partial charge in [-0.1, -0.05) is 24.3 Å². The van der Waals surface area contributed by atoms with Gasteiger partial charge in [-0.3, -0.25) is 0 Å². The quantitative estimate of drug-likeness (QED) is 0.694. The molecule has 2 rings (SSSR count). The largest absolute Gasteiger partial charge is 1.00 e. The van der Waals surface area contributed by atoms with Crippen LogP contribution in [0, 0.1) is 5.82 Å². The van der Waals surface area contributed by atoms with E-state index in [-0.39, 0.29) is 30.9 Å². The fraction of sp³-hybridized carbons (Fsp3) is 0.333. The van der Waals surface area contributed by atoms with E-state index in [1.54, 1.807) is 38.3 Å². The molecular formula is C18H22ClFNO3-.